The standard InChI is InChI=1S/C16H19N3O2S/c1-10-7-5-6-8-12(10)13-9-22-15(17-13)18-14(21)16(3,4)19-11(2)20/h5-9H,1-4H3,(H,19,20)(H,17,18,21). The molecule has 0 unspecified atom stereocenters. The van der Waals surface area contributed by atoms with Gasteiger partial charge < -0.3 is 5.32 Å². The molecule has 2 amide bonds. The summed E-state index contributed by atoms with van der Waals surface area (Å²) >= 11 is 1.36. The van der Waals surface area contributed by atoms with Crippen LogP contribution in [-0.2, 0) is 9.59 Å². The minimum atomic E-state index is -0.986. The van der Waals surface area contributed by atoms with E-state index in [4.69, 9.17) is 0 Å². The maximum atomic E-state index is 12.2. The van der Waals surface area contributed by atoms with E-state index in [9.17, 15) is 9.59 Å². The molecule has 22 heavy (non-hydrogen) atoms. The maximum Gasteiger partial charge on any atom is 0.251 e. The second-order valence-electron chi connectivity index (χ2n) is 5.61. The minimum Gasteiger partial charge on any atom is -0.342 e. The number of carbonyl (C=O) groups excluding carboxylic acids is 2. The number of hydrogen-bond acceptors (Lipinski definition) is 4. The monoisotopic (exact) mass is 317 g/mol. The molecule has 0 bridgehead atoms. The molecule has 2 N–H and O–H groups in total. The summed E-state index contributed by atoms with van der Waals surface area (Å²) in [4.78, 5) is 27.8. The number of aryl methyl sites for hydroxylation is 1. The van der Waals surface area contributed by atoms with Crippen LogP contribution >= 0.6 is 11.3 Å². The van der Waals surface area contributed by atoms with Crippen LogP contribution in [0, 0.1) is 6.92 Å². The van der Waals surface area contributed by atoms with Gasteiger partial charge in [-0.1, -0.05) is 24.3 Å². The molecule has 2 rings (SSSR count). The van der Waals surface area contributed by atoms with Crippen LogP contribution in [0.3, 0.4) is 0 Å². The Morgan fingerprint density at radius 2 is 1.91 bits per heavy atom. The molecule has 5 nitrogen and oxygen atoms in total. The highest BCUT2D eigenvalue weighted by Crippen LogP contribution is 2.27. The Bertz CT molecular complexity index is 707. The molecule has 0 spiro atoms. The summed E-state index contributed by atoms with van der Waals surface area (Å²) in [6.07, 6.45) is 0. The zero-order chi connectivity index (χ0) is 16.3. The molecule has 0 atom stereocenters. The third-order valence-electron chi connectivity index (χ3n) is 3.20. The SMILES string of the molecule is CC(=O)NC(C)(C)C(=O)Nc1nc(-c2ccccc2C)cs1. The molecule has 0 fully saturated rings. The maximum absolute atomic E-state index is 12.2. The molecule has 2 aromatic rings. The molecule has 0 saturated carbocycles. The van der Waals surface area contributed by atoms with E-state index in [1.165, 1.54) is 18.3 Å². The molecular formula is C16H19N3O2S. The summed E-state index contributed by atoms with van der Waals surface area (Å²) < 4.78 is 0. The molecule has 0 aliphatic carbocycles. The molecule has 116 valence electrons. The lowest BCUT2D eigenvalue weighted by Gasteiger charge is -2.23. The minimum absolute atomic E-state index is 0.250. The summed E-state index contributed by atoms with van der Waals surface area (Å²) in [5.41, 5.74) is 2.01. The first-order valence-corrected chi connectivity index (χ1v) is 7.79. The Hall–Kier alpha value is -2.21. The van der Waals surface area contributed by atoms with Crippen LogP contribution in [0.2, 0.25) is 0 Å². The van der Waals surface area contributed by atoms with Gasteiger partial charge in [-0.15, -0.1) is 11.3 Å². The van der Waals surface area contributed by atoms with Crippen molar-refractivity contribution in [3.8, 4) is 11.3 Å². The third kappa shape index (κ3) is 3.71. The van der Waals surface area contributed by atoms with Crippen molar-refractivity contribution in [3.05, 3.63) is 35.2 Å². The fourth-order valence-electron chi connectivity index (χ4n) is 2.07. The Morgan fingerprint density at radius 1 is 1.23 bits per heavy atom. The van der Waals surface area contributed by atoms with Crippen LogP contribution in [0.5, 0.6) is 0 Å². The lowest BCUT2D eigenvalue weighted by molar-refractivity contribution is -0.128. The van der Waals surface area contributed by atoms with Gasteiger partial charge in [-0.2, -0.15) is 0 Å². The number of hydrogen-bond donors (Lipinski definition) is 2. The van der Waals surface area contributed by atoms with Crippen molar-refractivity contribution in [1.82, 2.24) is 10.3 Å². The Morgan fingerprint density at radius 3 is 2.55 bits per heavy atom. The topological polar surface area (TPSA) is 71.1 Å². The number of carbonyl (C=O) groups is 2. The van der Waals surface area contributed by atoms with E-state index >= 15 is 0 Å². The molecule has 0 aliphatic heterocycles. The van der Waals surface area contributed by atoms with Gasteiger partial charge in [-0.3, -0.25) is 14.9 Å². The molecule has 1 heterocycles. The average molecular weight is 317 g/mol. The van der Waals surface area contributed by atoms with Crippen LogP contribution in [-0.4, -0.2) is 22.3 Å². The van der Waals surface area contributed by atoms with Gasteiger partial charge in [0.05, 0.1) is 5.69 Å². The van der Waals surface area contributed by atoms with Crippen molar-refractivity contribution < 1.29 is 9.59 Å². The van der Waals surface area contributed by atoms with Crippen molar-refractivity contribution in [1.29, 1.82) is 0 Å². The molecule has 1 aromatic heterocycles. The van der Waals surface area contributed by atoms with Crippen LogP contribution in [0.15, 0.2) is 29.6 Å². The second kappa shape index (κ2) is 6.27. The number of anilines is 1. The number of benzene rings is 1. The summed E-state index contributed by atoms with van der Waals surface area (Å²) in [7, 11) is 0. The molecule has 0 saturated heterocycles. The normalized spacial score (nSPS) is 11.1. The summed E-state index contributed by atoms with van der Waals surface area (Å²) in [5.74, 6) is -0.548. The smallest absolute Gasteiger partial charge is 0.251 e. The summed E-state index contributed by atoms with van der Waals surface area (Å²) in [6.45, 7) is 6.71. The highest BCUT2D eigenvalue weighted by Gasteiger charge is 2.29. The highest BCUT2D eigenvalue weighted by molar-refractivity contribution is 7.14. The molecule has 0 aliphatic rings. The zero-order valence-corrected chi connectivity index (χ0v) is 13.9. The van der Waals surface area contributed by atoms with Crippen molar-refractivity contribution in [2.45, 2.75) is 33.2 Å². The van der Waals surface area contributed by atoms with Crippen molar-refractivity contribution in [2.24, 2.45) is 0 Å². The third-order valence-corrected chi connectivity index (χ3v) is 3.96. The first kappa shape index (κ1) is 16.2. The average Bonchev–Trinajstić information content (AvgIpc) is 2.86. The quantitative estimate of drug-likeness (QED) is 0.910. The predicted octanol–water partition coefficient (Wildman–Crippen LogP) is 2.97. The fraction of sp³-hybridized carbons (Fsp3) is 0.312. The van der Waals surface area contributed by atoms with E-state index in [2.05, 4.69) is 15.6 Å². The Labute approximate surface area is 133 Å². The van der Waals surface area contributed by atoms with Crippen molar-refractivity contribution >= 4 is 28.3 Å². The van der Waals surface area contributed by atoms with Crippen molar-refractivity contribution in [2.75, 3.05) is 5.32 Å². The number of thiazole rings is 1. The van der Waals surface area contributed by atoms with E-state index in [0.717, 1.165) is 16.8 Å². The van der Waals surface area contributed by atoms with Gasteiger partial charge in [0.25, 0.3) is 5.91 Å². The number of aromatic nitrogens is 1. The first-order chi connectivity index (χ1) is 10.3. The molecule has 6 heteroatoms. The Kier molecular flexibility index (Phi) is 4.61. The fourth-order valence-corrected chi connectivity index (χ4v) is 2.77. The molecule has 0 radical (unpaired) electrons. The van der Waals surface area contributed by atoms with E-state index in [0.29, 0.717) is 5.13 Å². The Balaban J connectivity index is 2.14. The lowest BCUT2D eigenvalue weighted by Crippen LogP contribution is -2.51. The van der Waals surface area contributed by atoms with Gasteiger partial charge in [-0.25, -0.2) is 4.98 Å². The van der Waals surface area contributed by atoms with Crippen molar-refractivity contribution in [3.63, 3.8) is 0 Å². The van der Waals surface area contributed by atoms with Gasteiger partial charge in [0.15, 0.2) is 5.13 Å². The van der Waals surface area contributed by atoms with E-state index in [1.54, 1.807) is 13.8 Å². The highest BCUT2D eigenvalue weighted by atomic mass is 32.1. The number of amides is 2. The van der Waals surface area contributed by atoms with Gasteiger partial charge in [0, 0.05) is 17.9 Å². The van der Waals surface area contributed by atoms with E-state index in [1.807, 2.05) is 36.6 Å². The number of rotatable bonds is 4. The molecule has 1 aromatic carbocycles. The van der Waals surface area contributed by atoms with E-state index in [-0.39, 0.29) is 11.8 Å². The largest absolute Gasteiger partial charge is 0.342 e. The van der Waals surface area contributed by atoms with Crippen LogP contribution in [0.1, 0.15) is 26.3 Å². The van der Waals surface area contributed by atoms with Gasteiger partial charge in [0.2, 0.25) is 5.91 Å². The molecular weight excluding hydrogens is 298 g/mol. The second-order valence-corrected chi connectivity index (χ2v) is 6.47. The van der Waals surface area contributed by atoms with Crippen LogP contribution < -0.4 is 10.6 Å². The predicted molar refractivity (Wildman–Crippen MR) is 88.8 cm³/mol. The van der Waals surface area contributed by atoms with Crippen LogP contribution in [0.25, 0.3) is 11.3 Å². The van der Waals surface area contributed by atoms with E-state index < -0.39 is 5.54 Å². The first-order valence-electron chi connectivity index (χ1n) is 6.91. The lowest BCUT2D eigenvalue weighted by atomic mass is 10.1. The van der Waals surface area contributed by atoms with Gasteiger partial charge >= 0.3 is 0 Å². The number of nitrogens with zero attached hydrogens (tertiary/aromatic N) is 1. The zero-order valence-electron chi connectivity index (χ0n) is 13.1. The van der Waals surface area contributed by atoms with Gasteiger partial charge in [-0.05, 0) is 26.3 Å². The number of nitrogens with one attached hydrogen (secondary N) is 2. The van der Waals surface area contributed by atoms with Gasteiger partial charge in [0.1, 0.15) is 5.54 Å². The summed E-state index contributed by atoms with van der Waals surface area (Å²) in [6, 6.07) is 7.95. The van der Waals surface area contributed by atoms with Crippen LogP contribution in [0.4, 0.5) is 5.13 Å². The summed E-state index contributed by atoms with van der Waals surface area (Å²) in [5, 5.41) is 7.79.